The van der Waals surface area contributed by atoms with E-state index in [0.717, 1.165) is 0 Å². The molecule has 0 saturated carbocycles. The second kappa shape index (κ2) is 7.24. The van der Waals surface area contributed by atoms with Gasteiger partial charge < -0.3 is 14.8 Å². The highest BCUT2D eigenvalue weighted by atomic mass is 19.1. The highest BCUT2D eigenvalue weighted by Gasteiger charge is 2.24. The number of amides is 1. The number of ether oxygens (including phenoxy) is 2. The molecule has 20 heavy (non-hydrogen) atoms. The molecule has 1 amide bonds. The molecule has 0 aliphatic carbocycles. The highest BCUT2D eigenvalue weighted by Crippen LogP contribution is 2.21. The average Bonchev–Trinajstić information content (AvgIpc) is 2.37. The van der Waals surface area contributed by atoms with Gasteiger partial charge in [0, 0.05) is 13.7 Å². The van der Waals surface area contributed by atoms with Crippen molar-refractivity contribution >= 4 is 5.91 Å². The van der Waals surface area contributed by atoms with Crippen LogP contribution in [0.3, 0.4) is 0 Å². The molecule has 0 aliphatic rings. The van der Waals surface area contributed by atoms with Crippen molar-refractivity contribution < 1.29 is 18.7 Å². The van der Waals surface area contributed by atoms with Crippen LogP contribution < -0.4 is 10.1 Å². The molecule has 0 spiro atoms. The Kier molecular flexibility index (Phi) is 5.95. The monoisotopic (exact) mass is 283 g/mol. The quantitative estimate of drug-likeness (QED) is 0.872. The first kappa shape index (κ1) is 16.4. The molecular weight excluding hydrogens is 261 g/mol. The lowest BCUT2D eigenvalue weighted by atomic mass is 9.89. The number of methoxy groups -OCH3 is 1. The maximum atomic E-state index is 13.3. The van der Waals surface area contributed by atoms with Crippen molar-refractivity contribution in [2.75, 3.05) is 20.3 Å². The van der Waals surface area contributed by atoms with Gasteiger partial charge in [-0.3, -0.25) is 4.79 Å². The number of hydrogen-bond donors (Lipinski definition) is 1. The van der Waals surface area contributed by atoms with Gasteiger partial charge >= 0.3 is 0 Å². The van der Waals surface area contributed by atoms with E-state index in [1.165, 1.54) is 12.1 Å². The summed E-state index contributed by atoms with van der Waals surface area (Å²) in [6, 6.07) is 5.98. The molecule has 0 unspecified atom stereocenters. The van der Waals surface area contributed by atoms with Crippen LogP contribution in [0.25, 0.3) is 0 Å². The summed E-state index contributed by atoms with van der Waals surface area (Å²) in [4.78, 5) is 11.7. The first-order valence-electron chi connectivity index (χ1n) is 6.51. The van der Waals surface area contributed by atoms with Crippen LogP contribution in [0.4, 0.5) is 4.39 Å². The van der Waals surface area contributed by atoms with Crippen molar-refractivity contribution in [3.8, 4) is 5.75 Å². The van der Waals surface area contributed by atoms with Gasteiger partial charge in [-0.15, -0.1) is 0 Å². The van der Waals surface area contributed by atoms with Gasteiger partial charge in [-0.1, -0.05) is 32.9 Å². The predicted molar refractivity (Wildman–Crippen MR) is 75.2 cm³/mol. The number of carbonyl (C=O) groups is 1. The van der Waals surface area contributed by atoms with Crippen LogP contribution in [0.5, 0.6) is 5.75 Å². The zero-order valence-corrected chi connectivity index (χ0v) is 12.4. The van der Waals surface area contributed by atoms with Gasteiger partial charge in [0.15, 0.2) is 18.2 Å². The Bertz CT molecular complexity index is 443. The summed E-state index contributed by atoms with van der Waals surface area (Å²) < 4.78 is 23.7. The number of para-hydroxylation sites is 1. The van der Waals surface area contributed by atoms with E-state index in [1.807, 2.05) is 20.8 Å². The predicted octanol–water partition coefficient (Wildman–Crippen LogP) is 2.38. The molecule has 1 N–H and O–H groups in total. The minimum Gasteiger partial charge on any atom is -0.481 e. The summed E-state index contributed by atoms with van der Waals surface area (Å²) in [6.45, 7) is 6.26. The molecule has 0 aromatic heterocycles. The molecule has 1 atom stereocenters. The van der Waals surface area contributed by atoms with Gasteiger partial charge in [0.25, 0.3) is 5.91 Å². The maximum Gasteiger partial charge on any atom is 0.258 e. The smallest absolute Gasteiger partial charge is 0.258 e. The Hall–Kier alpha value is -1.62. The number of benzene rings is 1. The van der Waals surface area contributed by atoms with Crippen LogP contribution in [-0.4, -0.2) is 32.3 Å². The Labute approximate surface area is 119 Å². The van der Waals surface area contributed by atoms with Crippen LogP contribution >= 0.6 is 0 Å². The van der Waals surface area contributed by atoms with E-state index in [9.17, 15) is 9.18 Å². The van der Waals surface area contributed by atoms with E-state index >= 15 is 0 Å². The van der Waals surface area contributed by atoms with Crippen LogP contribution in [-0.2, 0) is 9.53 Å². The number of rotatable bonds is 6. The topological polar surface area (TPSA) is 47.6 Å². The molecule has 0 fully saturated rings. The average molecular weight is 283 g/mol. The van der Waals surface area contributed by atoms with Crippen LogP contribution in [0.1, 0.15) is 20.8 Å². The summed E-state index contributed by atoms with van der Waals surface area (Å²) in [5, 5.41) is 2.72. The van der Waals surface area contributed by atoms with Crippen LogP contribution in [0.15, 0.2) is 24.3 Å². The Morgan fingerprint density at radius 3 is 2.55 bits per heavy atom. The van der Waals surface area contributed by atoms with Gasteiger partial charge in [-0.25, -0.2) is 4.39 Å². The van der Waals surface area contributed by atoms with Crippen LogP contribution in [0.2, 0.25) is 0 Å². The lowest BCUT2D eigenvalue weighted by Crippen LogP contribution is -2.42. The third kappa shape index (κ3) is 5.17. The highest BCUT2D eigenvalue weighted by molar-refractivity contribution is 5.77. The van der Waals surface area contributed by atoms with Gasteiger partial charge in [-0.2, -0.15) is 0 Å². The van der Waals surface area contributed by atoms with Gasteiger partial charge in [-0.05, 0) is 17.5 Å². The second-order valence-corrected chi connectivity index (χ2v) is 5.61. The molecule has 0 radical (unpaired) electrons. The molecule has 1 aromatic carbocycles. The van der Waals surface area contributed by atoms with Crippen molar-refractivity contribution in [2.45, 2.75) is 26.9 Å². The standard InChI is InChI=1S/C15H22FNO3/c1-15(2,3)13(19-4)9-17-14(18)10-20-12-8-6-5-7-11(12)16/h5-8,13H,9-10H2,1-4H3,(H,17,18)/t13-/m0/s1. The molecule has 4 nitrogen and oxygen atoms in total. The summed E-state index contributed by atoms with van der Waals surface area (Å²) in [5.41, 5.74) is -0.0750. The Balaban J connectivity index is 2.39. The lowest BCUT2D eigenvalue weighted by molar-refractivity contribution is -0.124. The summed E-state index contributed by atoms with van der Waals surface area (Å²) in [5.74, 6) is -0.717. The summed E-state index contributed by atoms with van der Waals surface area (Å²) >= 11 is 0. The van der Waals surface area contributed by atoms with Crippen molar-refractivity contribution in [1.29, 1.82) is 0 Å². The summed E-state index contributed by atoms with van der Waals surface area (Å²) in [7, 11) is 1.61. The van der Waals surface area contributed by atoms with Crippen molar-refractivity contribution in [3.05, 3.63) is 30.1 Å². The van der Waals surface area contributed by atoms with Crippen molar-refractivity contribution in [3.63, 3.8) is 0 Å². The SMILES string of the molecule is CO[C@@H](CNC(=O)COc1ccccc1F)C(C)(C)C. The minimum absolute atomic E-state index is 0.0711. The Morgan fingerprint density at radius 2 is 2.00 bits per heavy atom. The largest absolute Gasteiger partial charge is 0.481 e. The Morgan fingerprint density at radius 1 is 1.35 bits per heavy atom. The van der Waals surface area contributed by atoms with E-state index in [-0.39, 0.29) is 29.8 Å². The maximum absolute atomic E-state index is 13.3. The fourth-order valence-corrected chi connectivity index (χ4v) is 1.71. The summed E-state index contributed by atoms with van der Waals surface area (Å²) in [6.07, 6.45) is -0.0973. The third-order valence-corrected chi connectivity index (χ3v) is 2.93. The first-order valence-corrected chi connectivity index (χ1v) is 6.51. The van der Waals surface area contributed by atoms with E-state index < -0.39 is 5.82 Å². The fraction of sp³-hybridized carbons (Fsp3) is 0.533. The number of hydrogen-bond acceptors (Lipinski definition) is 3. The molecule has 0 bridgehead atoms. The van der Waals surface area contributed by atoms with E-state index in [0.29, 0.717) is 6.54 Å². The fourth-order valence-electron chi connectivity index (χ4n) is 1.71. The molecule has 0 aliphatic heterocycles. The molecule has 0 saturated heterocycles. The molecule has 1 rings (SSSR count). The first-order chi connectivity index (χ1) is 9.34. The lowest BCUT2D eigenvalue weighted by Gasteiger charge is -2.29. The molecule has 112 valence electrons. The van der Waals surface area contributed by atoms with Gasteiger partial charge in [0.05, 0.1) is 6.10 Å². The zero-order chi connectivity index (χ0) is 15.2. The van der Waals surface area contributed by atoms with E-state index in [4.69, 9.17) is 9.47 Å². The molecule has 5 heteroatoms. The third-order valence-electron chi connectivity index (χ3n) is 2.93. The van der Waals surface area contributed by atoms with Crippen molar-refractivity contribution in [1.82, 2.24) is 5.32 Å². The molecule has 1 aromatic rings. The minimum atomic E-state index is -0.482. The zero-order valence-electron chi connectivity index (χ0n) is 12.4. The molecule has 0 heterocycles. The van der Waals surface area contributed by atoms with E-state index in [1.54, 1.807) is 19.2 Å². The van der Waals surface area contributed by atoms with E-state index in [2.05, 4.69) is 5.32 Å². The van der Waals surface area contributed by atoms with Gasteiger partial charge in [0.2, 0.25) is 0 Å². The molecular formula is C15H22FNO3. The number of carbonyl (C=O) groups excluding carboxylic acids is 1. The number of nitrogens with one attached hydrogen (secondary N) is 1. The van der Waals surface area contributed by atoms with Crippen molar-refractivity contribution in [2.24, 2.45) is 5.41 Å². The van der Waals surface area contributed by atoms with Gasteiger partial charge in [0.1, 0.15) is 0 Å². The number of halogens is 1. The normalized spacial score (nSPS) is 12.8. The van der Waals surface area contributed by atoms with Crippen LogP contribution in [0, 0.1) is 11.2 Å². The second-order valence-electron chi connectivity index (χ2n) is 5.61.